The summed E-state index contributed by atoms with van der Waals surface area (Å²) in [7, 11) is 0. The zero-order valence-electron chi connectivity index (χ0n) is 14.9. The topological polar surface area (TPSA) is 67.8 Å². The summed E-state index contributed by atoms with van der Waals surface area (Å²) >= 11 is 5.84. The molecule has 2 aromatic heterocycles. The summed E-state index contributed by atoms with van der Waals surface area (Å²) in [5, 5.41) is -0.413. The number of hydrogen-bond donors (Lipinski definition) is 1. The molecule has 0 fully saturated rings. The van der Waals surface area contributed by atoms with Crippen LogP contribution in [0.1, 0.15) is 50.7 Å². The minimum atomic E-state index is -0.809. The molecule has 5 nitrogen and oxygen atoms in total. The number of para-hydroxylation sites is 1. The van der Waals surface area contributed by atoms with Gasteiger partial charge in [0, 0.05) is 0 Å². The van der Waals surface area contributed by atoms with Crippen LogP contribution in [0.25, 0.3) is 16.7 Å². The van der Waals surface area contributed by atoms with Gasteiger partial charge in [0.2, 0.25) is 0 Å². The van der Waals surface area contributed by atoms with Crippen LogP contribution in [-0.2, 0) is 0 Å². The normalized spacial score (nSPS) is 11.7. The van der Waals surface area contributed by atoms with Crippen molar-refractivity contribution in [3.05, 3.63) is 67.2 Å². The first-order valence-corrected chi connectivity index (χ1v) is 8.74. The van der Waals surface area contributed by atoms with E-state index in [1.165, 1.54) is 4.57 Å². The molecule has 0 amide bonds. The quantitative estimate of drug-likeness (QED) is 0.700. The number of nitrogens with zero attached hydrogens (tertiary/aromatic N) is 2. The Labute approximate surface area is 154 Å². The third-order valence-corrected chi connectivity index (χ3v) is 4.62. The van der Waals surface area contributed by atoms with E-state index in [1.807, 2.05) is 45.9 Å². The van der Waals surface area contributed by atoms with E-state index in [-0.39, 0.29) is 28.0 Å². The van der Waals surface area contributed by atoms with Crippen molar-refractivity contribution in [3.8, 4) is 5.69 Å². The highest BCUT2D eigenvalue weighted by Crippen LogP contribution is 2.31. The molecule has 0 spiro atoms. The maximum absolute atomic E-state index is 13.8. The fraction of sp³-hybridized carbons (Fsp3) is 0.316. The molecule has 26 heavy (non-hydrogen) atoms. The number of halogens is 2. The summed E-state index contributed by atoms with van der Waals surface area (Å²) in [6, 6.07) is 6.81. The summed E-state index contributed by atoms with van der Waals surface area (Å²) in [5.74, 6) is -0.571. The Kier molecular flexibility index (Phi) is 4.71. The Bertz CT molecular complexity index is 1090. The molecule has 1 N–H and O–H groups in total. The fourth-order valence-electron chi connectivity index (χ4n) is 3.09. The van der Waals surface area contributed by atoms with E-state index in [4.69, 9.17) is 11.6 Å². The molecular formula is C19H19ClFN3O2. The SMILES string of the molecule is CC(C)c1cccc(C(C)C)c1-n1c(=O)[nH]c(=O)c2cc(F)c(Cl)nc21. The van der Waals surface area contributed by atoms with Crippen molar-refractivity contribution in [2.75, 3.05) is 0 Å². The molecule has 0 aliphatic heterocycles. The number of rotatable bonds is 3. The van der Waals surface area contributed by atoms with Crippen LogP contribution in [0.4, 0.5) is 4.39 Å². The van der Waals surface area contributed by atoms with Gasteiger partial charge in [-0.1, -0.05) is 57.5 Å². The number of benzene rings is 1. The lowest BCUT2D eigenvalue weighted by Crippen LogP contribution is -2.31. The molecule has 0 saturated carbocycles. The lowest BCUT2D eigenvalue weighted by Gasteiger charge is -2.21. The zero-order valence-corrected chi connectivity index (χ0v) is 15.7. The minimum absolute atomic E-state index is 0.0280. The first-order valence-electron chi connectivity index (χ1n) is 8.36. The minimum Gasteiger partial charge on any atom is -0.273 e. The fourth-order valence-corrected chi connectivity index (χ4v) is 3.22. The maximum Gasteiger partial charge on any atom is 0.334 e. The van der Waals surface area contributed by atoms with E-state index in [0.29, 0.717) is 5.69 Å². The molecule has 0 aliphatic carbocycles. The molecule has 7 heteroatoms. The third-order valence-electron chi connectivity index (χ3n) is 4.36. The maximum atomic E-state index is 13.8. The molecular weight excluding hydrogens is 357 g/mol. The van der Waals surface area contributed by atoms with Gasteiger partial charge < -0.3 is 0 Å². The van der Waals surface area contributed by atoms with Gasteiger partial charge in [-0.2, -0.15) is 0 Å². The summed E-state index contributed by atoms with van der Waals surface area (Å²) < 4.78 is 15.2. The Morgan fingerprint density at radius 2 is 1.69 bits per heavy atom. The first kappa shape index (κ1) is 18.3. The van der Waals surface area contributed by atoms with Gasteiger partial charge in [-0.15, -0.1) is 0 Å². The second-order valence-corrected chi connectivity index (χ2v) is 7.18. The first-order chi connectivity index (χ1) is 12.2. The van der Waals surface area contributed by atoms with Crippen LogP contribution in [0.3, 0.4) is 0 Å². The molecule has 0 aliphatic rings. The van der Waals surface area contributed by atoms with Gasteiger partial charge in [0.25, 0.3) is 5.56 Å². The van der Waals surface area contributed by atoms with Crippen LogP contribution in [0.2, 0.25) is 5.15 Å². The molecule has 3 aromatic rings. The number of hydrogen-bond acceptors (Lipinski definition) is 3. The van der Waals surface area contributed by atoms with Crippen molar-refractivity contribution >= 4 is 22.6 Å². The molecule has 2 heterocycles. The van der Waals surface area contributed by atoms with E-state index in [0.717, 1.165) is 17.2 Å². The van der Waals surface area contributed by atoms with Gasteiger partial charge in [-0.3, -0.25) is 9.78 Å². The predicted molar refractivity (Wildman–Crippen MR) is 101 cm³/mol. The Balaban J connectivity index is 2.57. The van der Waals surface area contributed by atoms with Gasteiger partial charge in [0.15, 0.2) is 16.6 Å². The van der Waals surface area contributed by atoms with Gasteiger partial charge in [0.1, 0.15) is 0 Å². The molecule has 136 valence electrons. The number of aromatic nitrogens is 3. The van der Waals surface area contributed by atoms with Crippen molar-refractivity contribution < 1.29 is 4.39 Å². The van der Waals surface area contributed by atoms with E-state index in [1.54, 1.807) is 0 Å². The monoisotopic (exact) mass is 375 g/mol. The summed E-state index contributed by atoms with van der Waals surface area (Å²) in [5.41, 5.74) is 1.21. The molecule has 0 radical (unpaired) electrons. The predicted octanol–water partition coefficient (Wildman–Crippen LogP) is 4.11. The second kappa shape index (κ2) is 6.68. The van der Waals surface area contributed by atoms with Crippen molar-refractivity contribution in [1.29, 1.82) is 0 Å². The number of aromatic amines is 1. The van der Waals surface area contributed by atoms with Crippen LogP contribution in [0.15, 0.2) is 33.9 Å². The third kappa shape index (κ3) is 2.94. The highest BCUT2D eigenvalue weighted by atomic mass is 35.5. The number of pyridine rings is 1. The lowest BCUT2D eigenvalue weighted by molar-refractivity contribution is 0.623. The second-order valence-electron chi connectivity index (χ2n) is 6.82. The zero-order chi connectivity index (χ0) is 19.2. The molecule has 1 aromatic carbocycles. The lowest BCUT2D eigenvalue weighted by atomic mass is 9.92. The van der Waals surface area contributed by atoms with Gasteiger partial charge in [-0.25, -0.2) is 18.7 Å². The highest BCUT2D eigenvalue weighted by molar-refractivity contribution is 6.29. The standard InChI is InChI=1S/C19H19ClFN3O2/c1-9(2)11-6-5-7-12(10(3)4)15(11)24-17-13(18(25)23-19(24)26)8-14(21)16(20)22-17/h5-10H,1-4H3,(H,23,25,26). The van der Waals surface area contributed by atoms with E-state index in [2.05, 4.69) is 9.97 Å². The Morgan fingerprint density at radius 3 is 2.23 bits per heavy atom. The van der Waals surface area contributed by atoms with Crippen LogP contribution < -0.4 is 11.2 Å². The molecule has 3 rings (SSSR count). The van der Waals surface area contributed by atoms with Gasteiger partial charge in [0.05, 0.1) is 11.1 Å². The van der Waals surface area contributed by atoms with Crippen LogP contribution >= 0.6 is 11.6 Å². The van der Waals surface area contributed by atoms with Gasteiger partial charge >= 0.3 is 5.69 Å². The summed E-state index contributed by atoms with van der Waals surface area (Å²) in [6.07, 6.45) is 0. The Morgan fingerprint density at radius 1 is 1.12 bits per heavy atom. The van der Waals surface area contributed by atoms with Crippen molar-refractivity contribution in [2.45, 2.75) is 39.5 Å². The van der Waals surface area contributed by atoms with Crippen molar-refractivity contribution in [2.24, 2.45) is 0 Å². The molecule has 0 bridgehead atoms. The number of nitrogens with one attached hydrogen (secondary N) is 1. The van der Waals surface area contributed by atoms with Crippen LogP contribution in [-0.4, -0.2) is 14.5 Å². The van der Waals surface area contributed by atoms with E-state index in [9.17, 15) is 14.0 Å². The van der Waals surface area contributed by atoms with Crippen molar-refractivity contribution in [1.82, 2.24) is 14.5 Å². The Hall–Kier alpha value is -2.47. The summed E-state index contributed by atoms with van der Waals surface area (Å²) in [4.78, 5) is 31.2. The number of H-pyrrole nitrogens is 1. The molecule has 0 saturated heterocycles. The number of fused-ring (bicyclic) bond motifs is 1. The molecule has 0 atom stereocenters. The molecule has 0 unspecified atom stereocenters. The largest absolute Gasteiger partial charge is 0.334 e. The van der Waals surface area contributed by atoms with Crippen LogP contribution in [0.5, 0.6) is 0 Å². The van der Waals surface area contributed by atoms with E-state index < -0.39 is 17.1 Å². The van der Waals surface area contributed by atoms with E-state index >= 15 is 0 Å². The average molecular weight is 376 g/mol. The van der Waals surface area contributed by atoms with Crippen LogP contribution in [0, 0.1) is 5.82 Å². The highest BCUT2D eigenvalue weighted by Gasteiger charge is 2.21. The average Bonchev–Trinajstić information content (AvgIpc) is 2.56. The summed E-state index contributed by atoms with van der Waals surface area (Å²) in [6.45, 7) is 8.06. The smallest absolute Gasteiger partial charge is 0.273 e. The van der Waals surface area contributed by atoms with Crippen molar-refractivity contribution in [3.63, 3.8) is 0 Å². The van der Waals surface area contributed by atoms with Gasteiger partial charge in [-0.05, 0) is 29.0 Å².